The monoisotopic (exact) mass is 552 g/mol. The molecule has 2 aromatic carbocycles. The number of ether oxygens (including phenoxy) is 2. The first-order valence-electron chi connectivity index (χ1n) is 10.8. The Balaban J connectivity index is 0.00000363. The van der Waals surface area contributed by atoms with Gasteiger partial charge in [-0.3, -0.25) is 4.79 Å². The van der Waals surface area contributed by atoms with Gasteiger partial charge in [0.25, 0.3) is 5.91 Å². The zero-order chi connectivity index (χ0) is 22.1. The van der Waals surface area contributed by atoms with Crippen LogP contribution in [0.25, 0.3) is 0 Å². The standard InChI is InChI=1S/C24H32N4O3.HI/c1-3-26-24(27-13-19-5-4-6-21(12-19)30-16-23(25)29)28-14-20-10-7-17(2)11-22(20)31-15-18-8-9-18;/h4-7,10-12,18H,3,8-9,13-16H2,1-2H3,(H2,25,29)(H2,26,27,28);1H. The molecule has 4 N–H and O–H groups in total. The number of nitrogens with two attached hydrogens (primary N) is 1. The van der Waals surface area contributed by atoms with Crippen molar-refractivity contribution in [2.75, 3.05) is 19.8 Å². The zero-order valence-electron chi connectivity index (χ0n) is 18.7. The fourth-order valence-electron chi connectivity index (χ4n) is 3.01. The number of aryl methyl sites for hydroxylation is 1. The number of nitrogens with zero attached hydrogens (tertiary/aromatic N) is 1. The van der Waals surface area contributed by atoms with Crippen LogP contribution in [0.1, 0.15) is 36.5 Å². The molecule has 0 spiro atoms. The summed E-state index contributed by atoms with van der Waals surface area (Å²) in [6.45, 7) is 6.61. The van der Waals surface area contributed by atoms with Crippen LogP contribution in [-0.4, -0.2) is 31.6 Å². The molecule has 174 valence electrons. The smallest absolute Gasteiger partial charge is 0.255 e. The average molecular weight is 552 g/mol. The summed E-state index contributed by atoms with van der Waals surface area (Å²) in [4.78, 5) is 15.6. The number of guanidine groups is 1. The molecule has 0 aromatic heterocycles. The number of halogens is 1. The summed E-state index contributed by atoms with van der Waals surface area (Å²) in [5.41, 5.74) is 8.41. The van der Waals surface area contributed by atoms with Gasteiger partial charge in [-0.15, -0.1) is 24.0 Å². The number of hydrogen-bond donors (Lipinski definition) is 3. The van der Waals surface area contributed by atoms with Crippen molar-refractivity contribution in [3.05, 3.63) is 59.2 Å². The van der Waals surface area contributed by atoms with Gasteiger partial charge in [0.1, 0.15) is 11.5 Å². The lowest BCUT2D eigenvalue weighted by Crippen LogP contribution is -2.36. The Morgan fingerprint density at radius 2 is 1.97 bits per heavy atom. The molecule has 0 saturated heterocycles. The first-order chi connectivity index (χ1) is 15.0. The van der Waals surface area contributed by atoms with Crippen molar-refractivity contribution in [1.29, 1.82) is 0 Å². The second-order valence-corrected chi connectivity index (χ2v) is 7.82. The second kappa shape index (κ2) is 13.1. The summed E-state index contributed by atoms with van der Waals surface area (Å²) >= 11 is 0. The van der Waals surface area contributed by atoms with E-state index in [0.29, 0.717) is 24.8 Å². The van der Waals surface area contributed by atoms with Crippen LogP contribution in [0.5, 0.6) is 11.5 Å². The Hall–Kier alpha value is -2.49. The number of aliphatic imine (C=N–C) groups is 1. The molecule has 2 aromatic rings. The van der Waals surface area contributed by atoms with Crippen molar-refractivity contribution in [3.8, 4) is 11.5 Å². The highest BCUT2D eigenvalue weighted by Crippen LogP contribution is 2.30. The van der Waals surface area contributed by atoms with E-state index >= 15 is 0 Å². The average Bonchev–Trinajstić information content (AvgIpc) is 3.58. The first kappa shape index (κ1) is 25.8. The Bertz CT molecular complexity index is 916. The van der Waals surface area contributed by atoms with Gasteiger partial charge in [-0.05, 0) is 61.9 Å². The van der Waals surface area contributed by atoms with E-state index in [-0.39, 0.29) is 30.6 Å². The van der Waals surface area contributed by atoms with Crippen LogP contribution in [0.15, 0.2) is 47.5 Å². The van der Waals surface area contributed by atoms with Crippen LogP contribution in [0.2, 0.25) is 0 Å². The van der Waals surface area contributed by atoms with E-state index in [1.807, 2.05) is 25.1 Å². The maximum Gasteiger partial charge on any atom is 0.255 e. The molecule has 7 nitrogen and oxygen atoms in total. The largest absolute Gasteiger partial charge is 0.493 e. The summed E-state index contributed by atoms with van der Waals surface area (Å²) in [7, 11) is 0. The molecule has 3 rings (SSSR count). The number of carbonyl (C=O) groups excluding carboxylic acids is 1. The van der Waals surface area contributed by atoms with Crippen molar-refractivity contribution in [3.63, 3.8) is 0 Å². The molecule has 1 fully saturated rings. The van der Waals surface area contributed by atoms with Gasteiger partial charge in [0, 0.05) is 18.7 Å². The van der Waals surface area contributed by atoms with E-state index in [9.17, 15) is 4.79 Å². The minimum absolute atomic E-state index is 0. The molecule has 1 amide bonds. The van der Waals surface area contributed by atoms with E-state index in [0.717, 1.165) is 36.0 Å². The van der Waals surface area contributed by atoms with E-state index in [2.05, 4.69) is 40.7 Å². The minimum atomic E-state index is -0.501. The Morgan fingerprint density at radius 1 is 1.16 bits per heavy atom. The van der Waals surface area contributed by atoms with Crippen LogP contribution in [-0.2, 0) is 17.9 Å². The molecular formula is C24H33IN4O3. The predicted molar refractivity (Wildman–Crippen MR) is 138 cm³/mol. The molecule has 1 saturated carbocycles. The Kier molecular flexibility index (Phi) is 10.6. The lowest BCUT2D eigenvalue weighted by molar-refractivity contribution is -0.119. The quantitative estimate of drug-likeness (QED) is 0.225. The summed E-state index contributed by atoms with van der Waals surface area (Å²) in [6.07, 6.45) is 2.54. The molecule has 0 radical (unpaired) electrons. The topological polar surface area (TPSA) is 98.0 Å². The third-order valence-corrected chi connectivity index (χ3v) is 4.88. The molecule has 0 atom stereocenters. The second-order valence-electron chi connectivity index (χ2n) is 7.82. The maximum absolute atomic E-state index is 10.9. The van der Waals surface area contributed by atoms with E-state index < -0.39 is 5.91 Å². The van der Waals surface area contributed by atoms with Gasteiger partial charge in [0.05, 0.1) is 13.2 Å². The van der Waals surface area contributed by atoms with E-state index in [4.69, 9.17) is 15.2 Å². The number of amides is 1. The molecule has 0 heterocycles. The highest BCUT2D eigenvalue weighted by molar-refractivity contribution is 14.0. The molecule has 0 bridgehead atoms. The summed E-state index contributed by atoms with van der Waals surface area (Å²) in [5.74, 6) is 2.47. The number of hydrogen-bond acceptors (Lipinski definition) is 4. The van der Waals surface area contributed by atoms with Crippen molar-refractivity contribution in [1.82, 2.24) is 10.6 Å². The van der Waals surface area contributed by atoms with Gasteiger partial charge in [0.2, 0.25) is 0 Å². The van der Waals surface area contributed by atoms with Crippen molar-refractivity contribution >= 4 is 35.8 Å². The van der Waals surface area contributed by atoms with Crippen LogP contribution in [0, 0.1) is 12.8 Å². The normalized spacial score (nSPS) is 13.1. The SMILES string of the molecule is CCNC(=NCc1cccc(OCC(N)=O)c1)NCc1ccc(C)cc1OCC1CC1.I. The zero-order valence-corrected chi connectivity index (χ0v) is 21.1. The molecule has 32 heavy (non-hydrogen) atoms. The molecule has 1 aliphatic carbocycles. The highest BCUT2D eigenvalue weighted by Gasteiger charge is 2.22. The number of carbonyl (C=O) groups is 1. The van der Waals surface area contributed by atoms with Gasteiger partial charge in [-0.1, -0.05) is 24.3 Å². The van der Waals surface area contributed by atoms with Crippen molar-refractivity contribution in [2.24, 2.45) is 16.6 Å². The lowest BCUT2D eigenvalue weighted by atomic mass is 10.1. The fraction of sp³-hybridized carbons (Fsp3) is 0.417. The van der Waals surface area contributed by atoms with E-state index in [1.165, 1.54) is 18.4 Å². The fourth-order valence-corrected chi connectivity index (χ4v) is 3.01. The number of benzene rings is 2. The highest BCUT2D eigenvalue weighted by atomic mass is 127. The van der Waals surface area contributed by atoms with E-state index in [1.54, 1.807) is 6.07 Å². The number of primary amides is 1. The van der Waals surface area contributed by atoms with Crippen LogP contribution in [0.3, 0.4) is 0 Å². The molecule has 8 heteroatoms. The number of nitrogens with one attached hydrogen (secondary N) is 2. The minimum Gasteiger partial charge on any atom is -0.493 e. The Labute approximate surface area is 207 Å². The van der Waals surface area contributed by atoms with Crippen LogP contribution >= 0.6 is 24.0 Å². The predicted octanol–water partition coefficient (Wildman–Crippen LogP) is 3.52. The summed E-state index contributed by atoms with van der Waals surface area (Å²) < 4.78 is 11.4. The maximum atomic E-state index is 10.9. The molecular weight excluding hydrogens is 519 g/mol. The summed E-state index contributed by atoms with van der Waals surface area (Å²) in [6, 6.07) is 13.8. The third-order valence-electron chi connectivity index (χ3n) is 4.88. The van der Waals surface area contributed by atoms with Crippen molar-refractivity contribution < 1.29 is 14.3 Å². The number of rotatable bonds is 11. The molecule has 1 aliphatic rings. The van der Waals surface area contributed by atoms with Crippen molar-refractivity contribution in [2.45, 2.75) is 39.8 Å². The lowest BCUT2D eigenvalue weighted by Gasteiger charge is -2.15. The molecule has 0 unspecified atom stereocenters. The van der Waals surface area contributed by atoms with Gasteiger partial charge in [-0.2, -0.15) is 0 Å². The first-order valence-corrected chi connectivity index (χ1v) is 10.8. The van der Waals surface area contributed by atoms with Gasteiger partial charge >= 0.3 is 0 Å². The van der Waals surface area contributed by atoms with Gasteiger partial charge in [0.15, 0.2) is 12.6 Å². The third kappa shape index (κ3) is 8.94. The van der Waals surface area contributed by atoms with Crippen LogP contribution in [0.4, 0.5) is 0 Å². The molecule has 0 aliphatic heterocycles. The summed E-state index contributed by atoms with van der Waals surface area (Å²) in [5, 5.41) is 6.67. The van der Waals surface area contributed by atoms with Gasteiger partial charge < -0.3 is 25.8 Å². The van der Waals surface area contributed by atoms with Crippen LogP contribution < -0.4 is 25.8 Å². The Morgan fingerprint density at radius 3 is 2.69 bits per heavy atom. The van der Waals surface area contributed by atoms with Gasteiger partial charge in [-0.25, -0.2) is 4.99 Å².